The molecule has 0 radical (unpaired) electrons. The van der Waals surface area contributed by atoms with Crippen molar-refractivity contribution < 1.29 is 19.5 Å². The molecule has 0 aliphatic carbocycles. The predicted octanol–water partition coefficient (Wildman–Crippen LogP) is 4.35. The number of carboxylic acid groups (broad SMARTS) is 1. The van der Waals surface area contributed by atoms with Gasteiger partial charge in [0.05, 0.1) is 0 Å². The average molecular weight is 394 g/mol. The van der Waals surface area contributed by atoms with Crippen LogP contribution in [0.15, 0.2) is 34.9 Å². The number of rotatable bonds is 12. The molecular formula is C21H31NO4S. The van der Waals surface area contributed by atoms with Crippen molar-refractivity contribution in [3.8, 4) is 0 Å². The zero-order chi connectivity index (χ0) is 20.4. The number of aliphatic carboxylic acids is 1. The van der Waals surface area contributed by atoms with E-state index in [9.17, 15) is 19.5 Å². The molecule has 0 aromatic rings. The van der Waals surface area contributed by atoms with E-state index in [0.717, 1.165) is 30.6 Å². The molecule has 150 valence electrons. The van der Waals surface area contributed by atoms with E-state index in [1.165, 1.54) is 28.5 Å². The first-order valence-electron chi connectivity index (χ1n) is 9.32. The van der Waals surface area contributed by atoms with Crippen molar-refractivity contribution in [1.29, 1.82) is 0 Å². The number of likely N-dealkylation sites (tertiary alicyclic amines) is 1. The molecule has 0 aromatic carbocycles. The summed E-state index contributed by atoms with van der Waals surface area (Å²) in [6, 6.07) is -1.05. The number of hydrogen-bond donors (Lipinski definition) is 1. The summed E-state index contributed by atoms with van der Waals surface area (Å²) in [5, 5.41) is 9.23. The number of carboxylic acids is 1. The van der Waals surface area contributed by atoms with Gasteiger partial charge in [-0.05, 0) is 53.4 Å². The number of hydrogen-bond acceptors (Lipinski definition) is 4. The van der Waals surface area contributed by atoms with Gasteiger partial charge >= 0.3 is 5.97 Å². The Labute approximate surface area is 166 Å². The lowest BCUT2D eigenvalue weighted by Gasteiger charge is -2.33. The van der Waals surface area contributed by atoms with Crippen LogP contribution in [0.3, 0.4) is 0 Å². The summed E-state index contributed by atoms with van der Waals surface area (Å²) in [4.78, 5) is 35.0. The zero-order valence-electron chi connectivity index (χ0n) is 16.8. The minimum Gasteiger partial charge on any atom is -0.480 e. The molecule has 1 fully saturated rings. The minimum absolute atomic E-state index is 0.172. The molecule has 6 heteroatoms. The Morgan fingerprint density at radius 3 is 2.11 bits per heavy atom. The van der Waals surface area contributed by atoms with Crippen LogP contribution in [-0.4, -0.2) is 45.3 Å². The molecule has 0 spiro atoms. The number of nitrogens with zero attached hydrogens (tertiary/aromatic N) is 1. The van der Waals surface area contributed by atoms with Crippen LogP contribution in [-0.2, 0) is 14.4 Å². The summed E-state index contributed by atoms with van der Waals surface area (Å²) >= 11 is 1.43. The molecule has 1 N–H and O–H groups in total. The Morgan fingerprint density at radius 1 is 1.04 bits per heavy atom. The van der Waals surface area contributed by atoms with Gasteiger partial charge in [-0.2, -0.15) is 11.8 Å². The standard InChI is InChI=1S/C21H31NO4S/c1-15(2)7-5-8-16(3)9-6-10-17(4)11-12-27-14-18(21(25)26)22-19(23)13-20(22)24/h7,9,11,18H,5-6,8,10,12-14H2,1-4H3,(H,25,26)/t18-/m0/s1. The molecule has 1 rings (SSSR count). The van der Waals surface area contributed by atoms with Gasteiger partial charge in [0.15, 0.2) is 0 Å². The number of carbonyl (C=O) groups is 3. The third-order valence-corrected chi connectivity index (χ3v) is 5.34. The SMILES string of the molecule is CC(C)=CCCC(C)=CCCC(C)=CCSC[C@@H](C(=O)O)N1C(=O)CC1=O. The molecule has 27 heavy (non-hydrogen) atoms. The van der Waals surface area contributed by atoms with Crippen molar-refractivity contribution in [3.63, 3.8) is 0 Å². The Morgan fingerprint density at radius 2 is 1.59 bits per heavy atom. The van der Waals surface area contributed by atoms with Crippen LogP contribution in [0.25, 0.3) is 0 Å². The first-order valence-corrected chi connectivity index (χ1v) is 10.5. The summed E-state index contributed by atoms with van der Waals surface area (Å²) in [7, 11) is 0. The van der Waals surface area contributed by atoms with Crippen LogP contribution >= 0.6 is 11.8 Å². The van der Waals surface area contributed by atoms with Gasteiger partial charge in [-0.15, -0.1) is 0 Å². The molecule has 0 aromatic heterocycles. The van der Waals surface area contributed by atoms with Crippen molar-refractivity contribution in [3.05, 3.63) is 34.9 Å². The van der Waals surface area contributed by atoms with Gasteiger partial charge in [-0.25, -0.2) is 4.79 Å². The summed E-state index contributed by atoms with van der Waals surface area (Å²) in [6.07, 6.45) is 10.6. The number of amides is 2. The van der Waals surface area contributed by atoms with Gasteiger partial charge in [-0.3, -0.25) is 14.5 Å². The molecule has 1 atom stereocenters. The first kappa shape index (κ1) is 23.2. The fraction of sp³-hybridized carbons (Fsp3) is 0.571. The molecule has 0 saturated carbocycles. The molecule has 5 nitrogen and oxygen atoms in total. The Balaban J connectivity index is 2.31. The van der Waals surface area contributed by atoms with E-state index in [2.05, 4.69) is 45.9 Å². The second-order valence-corrected chi connectivity index (χ2v) is 8.26. The zero-order valence-corrected chi connectivity index (χ0v) is 17.6. The van der Waals surface area contributed by atoms with E-state index < -0.39 is 23.8 Å². The highest BCUT2D eigenvalue weighted by atomic mass is 32.2. The summed E-state index contributed by atoms with van der Waals surface area (Å²) in [6.45, 7) is 8.47. The lowest BCUT2D eigenvalue weighted by Crippen LogP contribution is -2.58. The monoisotopic (exact) mass is 393 g/mol. The smallest absolute Gasteiger partial charge is 0.327 e. The Hall–Kier alpha value is -1.82. The average Bonchev–Trinajstić information content (AvgIpc) is 2.56. The van der Waals surface area contributed by atoms with E-state index in [4.69, 9.17) is 0 Å². The van der Waals surface area contributed by atoms with Crippen molar-refractivity contribution >= 4 is 29.5 Å². The van der Waals surface area contributed by atoms with Crippen LogP contribution in [0, 0.1) is 0 Å². The van der Waals surface area contributed by atoms with Gasteiger partial charge in [-0.1, -0.05) is 34.9 Å². The topological polar surface area (TPSA) is 74.7 Å². The lowest BCUT2D eigenvalue weighted by atomic mass is 10.1. The third kappa shape index (κ3) is 8.61. The predicted molar refractivity (Wildman–Crippen MR) is 111 cm³/mol. The van der Waals surface area contributed by atoms with Crippen molar-refractivity contribution in [1.82, 2.24) is 4.90 Å². The van der Waals surface area contributed by atoms with Crippen LogP contribution in [0.1, 0.15) is 59.8 Å². The van der Waals surface area contributed by atoms with Crippen molar-refractivity contribution in [2.45, 2.75) is 65.8 Å². The normalized spacial score (nSPS) is 16.2. The van der Waals surface area contributed by atoms with Crippen molar-refractivity contribution in [2.75, 3.05) is 11.5 Å². The second kappa shape index (κ2) is 11.8. The van der Waals surface area contributed by atoms with Crippen LogP contribution in [0.5, 0.6) is 0 Å². The van der Waals surface area contributed by atoms with Crippen molar-refractivity contribution in [2.24, 2.45) is 0 Å². The highest BCUT2D eigenvalue weighted by molar-refractivity contribution is 7.99. The van der Waals surface area contributed by atoms with Crippen LogP contribution in [0.4, 0.5) is 0 Å². The van der Waals surface area contributed by atoms with Crippen LogP contribution in [0.2, 0.25) is 0 Å². The number of carbonyl (C=O) groups excluding carboxylic acids is 2. The fourth-order valence-electron chi connectivity index (χ4n) is 2.67. The van der Waals surface area contributed by atoms with Gasteiger partial charge in [0.25, 0.3) is 0 Å². The van der Waals surface area contributed by atoms with Gasteiger partial charge in [0.1, 0.15) is 12.5 Å². The molecular weight excluding hydrogens is 362 g/mol. The second-order valence-electron chi connectivity index (χ2n) is 7.19. The minimum atomic E-state index is -1.13. The number of β-lactam (4-membered cyclic amide) rings is 2. The van der Waals surface area contributed by atoms with Crippen LogP contribution < -0.4 is 0 Å². The van der Waals surface area contributed by atoms with E-state index in [-0.39, 0.29) is 12.2 Å². The highest BCUT2D eigenvalue weighted by Crippen LogP contribution is 2.20. The molecule has 0 bridgehead atoms. The number of allylic oxidation sites excluding steroid dienone is 5. The molecule has 1 heterocycles. The Bertz CT molecular complexity index is 631. The third-order valence-electron chi connectivity index (χ3n) is 4.38. The largest absolute Gasteiger partial charge is 0.480 e. The molecule has 1 saturated heterocycles. The Kier molecular flexibility index (Phi) is 10.1. The maximum atomic E-state index is 11.4. The van der Waals surface area contributed by atoms with Gasteiger partial charge < -0.3 is 5.11 Å². The first-order chi connectivity index (χ1) is 12.7. The number of thioether (sulfide) groups is 1. The van der Waals surface area contributed by atoms with Gasteiger partial charge in [0, 0.05) is 11.5 Å². The van der Waals surface area contributed by atoms with E-state index in [1.54, 1.807) is 0 Å². The summed E-state index contributed by atoms with van der Waals surface area (Å²) in [5.74, 6) is -1.02. The molecule has 0 unspecified atom stereocenters. The van der Waals surface area contributed by atoms with E-state index in [1.807, 2.05) is 0 Å². The summed E-state index contributed by atoms with van der Waals surface area (Å²) in [5.41, 5.74) is 4.02. The maximum absolute atomic E-state index is 11.4. The fourth-order valence-corrected chi connectivity index (χ4v) is 3.72. The van der Waals surface area contributed by atoms with Gasteiger partial charge in [0.2, 0.25) is 11.8 Å². The molecule has 1 aliphatic heterocycles. The highest BCUT2D eigenvalue weighted by Gasteiger charge is 2.42. The molecule has 2 amide bonds. The maximum Gasteiger partial charge on any atom is 0.327 e. The summed E-state index contributed by atoms with van der Waals surface area (Å²) < 4.78 is 0. The number of imide groups is 1. The lowest BCUT2D eigenvalue weighted by molar-refractivity contribution is -0.166. The van der Waals surface area contributed by atoms with E-state index in [0.29, 0.717) is 5.75 Å². The molecule has 1 aliphatic rings. The van der Waals surface area contributed by atoms with E-state index >= 15 is 0 Å². The quantitative estimate of drug-likeness (QED) is 0.231.